The summed E-state index contributed by atoms with van der Waals surface area (Å²) >= 11 is 10.6. The Morgan fingerprint density at radius 3 is 2.21 bits per heavy atom. The maximum atomic E-state index is 5.78. The first kappa shape index (κ1) is 9.67. The molecule has 6 heteroatoms. The zero-order chi connectivity index (χ0) is 9.97. The van der Waals surface area contributed by atoms with Crippen molar-refractivity contribution in [2.75, 3.05) is 0 Å². The fraction of sp³-hybridized carbons (Fsp3) is 0.125. The second-order valence-corrected chi connectivity index (χ2v) is 3.70. The highest BCUT2D eigenvalue weighted by atomic mass is 35.5. The molecule has 1 aliphatic heterocycles. The smallest absolute Gasteiger partial charge is 0.195 e. The second kappa shape index (κ2) is 4.10. The van der Waals surface area contributed by atoms with E-state index in [1.807, 2.05) is 24.3 Å². The van der Waals surface area contributed by atoms with E-state index in [0.717, 1.165) is 10.6 Å². The first-order chi connectivity index (χ1) is 6.75. The lowest BCUT2D eigenvalue weighted by molar-refractivity contribution is 0.362. The molecule has 1 saturated heterocycles. The van der Waals surface area contributed by atoms with Gasteiger partial charge in [0, 0.05) is 5.02 Å². The Labute approximate surface area is 92.0 Å². The SMILES string of the molecule is S=C1NNC(c2ccc(Cl)cc2)NN1. The second-order valence-electron chi connectivity index (χ2n) is 2.85. The summed E-state index contributed by atoms with van der Waals surface area (Å²) in [5.41, 5.74) is 12.7. The third-order valence-corrected chi connectivity index (χ3v) is 2.32. The Hall–Kier alpha value is -0.880. The van der Waals surface area contributed by atoms with Gasteiger partial charge in [-0.2, -0.15) is 0 Å². The lowest BCUT2D eigenvalue weighted by Gasteiger charge is -2.28. The van der Waals surface area contributed by atoms with Gasteiger partial charge in [0.05, 0.1) is 0 Å². The monoisotopic (exact) mass is 228 g/mol. The minimum Gasteiger partial charge on any atom is -0.295 e. The van der Waals surface area contributed by atoms with Crippen molar-refractivity contribution >= 4 is 28.9 Å². The molecule has 4 nitrogen and oxygen atoms in total. The van der Waals surface area contributed by atoms with E-state index in [9.17, 15) is 0 Å². The van der Waals surface area contributed by atoms with E-state index >= 15 is 0 Å². The van der Waals surface area contributed by atoms with Gasteiger partial charge in [0.25, 0.3) is 0 Å². The molecular formula is C8H9ClN4S. The van der Waals surface area contributed by atoms with Gasteiger partial charge in [0.1, 0.15) is 6.17 Å². The minimum absolute atomic E-state index is 0.0287. The fourth-order valence-electron chi connectivity index (χ4n) is 1.16. The molecule has 0 aliphatic carbocycles. The molecule has 1 aromatic carbocycles. The molecule has 4 N–H and O–H groups in total. The number of halogens is 1. The standard InChI is InChI=1S/C8H9ClN4S/c9-6-3-1-5(2-4-6)7-10-12-8(14)13-11-7/h1-4,7,10-11H,(H2,12,13,14). The van der Waals surface area contributed by atoms with Crippen molar-refractivity contribution in [2.45, 2.75) is 6.17 Å². The summed E-state index contributed by atoms with van der Waals surface area (Å²) in [5.74, 6) is 0. The molecule has 1 heterocycles. The third-order valence-electron chi connectivity index (χ3n) is 1.86. The van der Waals surface area contributed by atoms with E-state index in [1.54, 1.807) is 0 Å². The highest BCUT2D eigenvalue weighted by molar-refractivity contribution is 7.80. The maximum absolute atomic E-state index is 5.78. The van der Waals surface area contributed by atoms with Crippen LogP contribution in [-0.4, -0.2) is 5.11 Å². The summed E-state index contributed by atoms with van der Waals surface area (Å²) in [7, 11) is 0. The summed E-state index contributed by atoms with van der Waals surface area (Å²) in [6.45, 7) is 0. The van der Waals surface area contributed by atoms with Crippen LogP contribution in [-0.2, 0) is 0 Å². The van der Waals surface area contributed by atoms with E-state index in [0.29, 0.717) is 5.11 Å². The Balaban J connectivity index is 2.08. The van der Waals surface area contributed by atoms with Gasteiger partial charge in [-0.05, 0) is 29.9 Å². The topological polar surface area (TPSA) is 48.1 Å². The molecule has 74 valence electrons. The Morgan fingerprint density at radius 2 is 1.64 bits per heavy atom. The van der Waals surface area contributed by atoms with Crippen molar-refractivity contribution in [3.63, 3.8) is 0 Å². The lowest BCUT2D eigenvalue weighted by atomic mass is 10.2. The molecule has 0 aromatic heterocycles. The molecule has 0 amide bonds. The van der Waals surface area contributed by atoms with Gasteiger partial charge in [-0.15, -0.1) is 0 Å². The third kappa shape index (κ3) is 2.13. The van der Waals surface area contributed by atoms with Gasteiger partial charge in [0.15, 0.2) is 5.11 Å². The van der Waals surface area contributed by atoms with Crippen LogP contribution in [0.4, 0.5) is 0 Å². The Kier molecular flexibility index (Phi) is 2.83. The maximum Gasteiger partial charge on any atom is 0.195 e. The van der Waals surface area contributed by atoms with Crippen LogP contribution >= 0.6 is 23.8 Å². The van der Waals surface area contributed by atoms with Crippen LogP contribution in [0.25, 0.3) is 0 Å². The quantitative estimate of drug-likeness (QED) is 0.537. The number of nitrogens with one attached hydrogen (secondary N) is 4. The molecule has 1 fully saturated rings. The molecule has 0 unspecified atom stereocenters. The zero-order valence-corrected chi connectivity index (χ0v) is 8.75. The normalized spacial score (nSPS) is 17.4. The summed E-state index contributed by atoms with van der Waals surface area (Å²) in [4.78, 5) is 0. The number of hydrogen-bond acceptors (Lipinski definition) is 3. The van der Waals surface area contributed by atoms with E-state index in [1.165, 1.54) is 0 Å². The van der Waals surface area contributed by atoms with E-state index in [-0.39, 0.29) is 6.17 Å². The number of benzene rings is 1. The fourth-order valence-corrected chi connectivity index (χ4v) is 1.41. The molecule has 0 atom stereocenters. The van der Waals surface area contributed by atoms with Crippen molar-refractivity contribution in [3.8, 4) is 0 Å². The van der Waals surface area contributed by atoms with Crippen LogP contribution in [0.15, 0.2) is 24.3 Å². The predicted octanol–water partition coefficient (Wildman–Crippen LogP) is 0.825. The van der Waals surface area contributed by atoms with Crippen LogP contribution in [0, 0.1) is 0 Å². The highest BCUT2D eigenvalue weighted by Crippen LogP contribution is 2.14. The van der Waals surface area contributed by atoms with Gasteiger partial charge >= 0.3 is 0 Å². The summed E-state index contributed by atoms with van der Waals surface area (Å²) < 4.78 is 0. The number of hydrazine groups is 2. The highest BCUT2D eigenvalue weighted by Gasteiger charge is 2.14. The molecular weight excluding hydrogens is 220 g/mol. The Bertz CT molecular complexity index is 330. The van der Waals surface area contributed by atoms with Crippen molar-refractivity contribution in [2.24, 2.45) is 0 Å². The largest absolute Gasteiger partial charge is 0.295 e. The van der Waals surface area contributed by atoms with Gasteiger partial charge in [0.2, 0.25) is 0 Å². The predicted molar refractivity (Wildman–Crippen MR) is 59.3 cm³/mol. The van der Waals surface area contributed by atoms with E-state index < -0.39 is 0 Å². The van der Waals surface area contributed by atoms with Crippen LogP contribution < -0.4 is 21.7 Å². The van der Waals surface area contributed by atoms with Crippen LogP contribution in [0.1, 0.15) is 11.7 Å². The van der Waals surface area contributed by atoms with Crippen molar-refractivity contribution in [3.05, 3.63) is 34.9 Å². The van der Waals surface area contributed by atoms with Gasteiger partial charge in [-0.1, -0.05) is 23.7 Å². The molecule has 0 bridgehead atoms. The Morgan fingerprint density at radius 1 is 1.07 bits per heavy atom. The van der Waals surface area contributed by atoms with Crippen molar-refractivity contribution < 1.29 is 0 Å². The van der Waals surface area contributed by atoms with E-state index in [2.05, 4.69) is 21.7 Å². The number of hydrogen-bond donors (Lipinski definition) is 4. The van der Waals surface area contributed by atoms with Crippen LogP contribution in [0.5, 0.6) is 0 Å². The summed E-state index contributed by atoms with van der Waals surface area (Å²) in [6, 6.07) is 7.55. The van der Waals surface area contributed by atoms with Gasteiger partial charge in [-0.25, -0.2) is 10.9 Å². The van der Waals surface area contributed by atoms with Crippen molar-refractivity contribution in [1.29, 1.82) is 0 Å². The van der Waals surface area contributed by atoms with Crippen LogP contribution in [0.3, 0.4) is 0 Å². The first-order valence-electron chi connectivity index (χ1n) is 4.08. The first-order valence-corrected chi connectivity index (χ1v) is 4.87. The van der Waals surface area contributed by atoms with Gasteiger partial charge < -0.3 is 0 Å². The zero-order valence-electron chi connectivity index (χ0n) is 7.17. The lowest BCUT2D eigenvalue weighted by Crippen LogP contribution is -2.61. The summed E-state index contributed by atoms with van der Waals surface area (Å²) in [5, 5.41) is 1.25. The molecule has 0 radical (unpaired) electrons. The summed E-state index contributed by atoms with van der Waals surface area (Å²) in [6.07, 6.45) is -0.0287. The van der Waals surface area contributed by atoms with Crippen LogP contribution in [0.2, 0.25) is 5.02 Å². The number of thiocarbonyl (C=S) groups is 1. The molecule has 0 saturated carbocycles. The van der Waals surface area contributed by atoms with Crippen molar-refractivity contribution in [1.82, 2.24) is 21.7 Å². The molecule has 1 aromatic rings. The molecule has 1 aliphatic rings. The minimum atomic E-state index is -0.0287. The molecule has 0 spiro atoms. The number of rotatable bonds is 1. The molecule has 2 rings (SSSR count). The molecule has 14 heavy (non-hydrogen) atoms. The van der Waals surface area contributed by atoms with Gasteiger partial charge in [-0.3, -0.25) is 10.9 Å². The van der Waals surface area contributed by atoms with E-state index in [4.69, 9.17) is 23.8 Å². The average Bonchev–Trinajstić information content (AvgIpc) is 2.21. The average molecular weight is 229 g/mol.